The first kappa shape index (κ1) is 18.6. The third-order valence-electron chi connectivity index (χ3n) is 3.49. The highest BCUT2D eigenvalue weighted by Crippen LogP contribution is 2.21. The van der Waals surface area contributed by atoms with Crippen LogP contribution in [0.2, 0.25) is 0 Å². The van der Waals surface area contributed by atoms with Gasteiger partial charge in [0, 0.05) is 10.5 Å². The first-order chi connectivity index (χ1) is 9.90. The fraction of sp³-hybridized carbons (Fsp3) is 0.600. The van der Waals surface area contributed by atoms with E-state index in [-0.39, 0.29) is 6.04 Å². The summed E-state index contributed by atoms with van der Waals surface area (Å²) >= 11 is 3.29. The molecule has 120 valence electrons. The maximum absolute atomic E-state index is 12.3. The lowest BCUT2D eigenvalue weighted by Crippen LogP contribution is -2.33. The van der Waals surface area contributed by atoms with Crippen LogP contribution in [-0.4, -0.2) is 39.0 Å². The van der Waals surface area contributed by atoms with Crippen molar-refractivity contribution in [3.8, 4) is 0 Å². The number of nitrogens with one attached hydrogen (secondary N) is 1. The molecular formula is C15H25BrN2O2S. The lowest BCUT2D eigenvalue weighted by Gasteiger charge is -2.20. The quantitative estimate of drug-likeness (QED) is 0.719. The van der Waals surface area contributed by atoms with Gasteiger partial charge in [0.2, 0.25) is 10.0 Å². The van der Waals surface area contributed by atoms with Crippen molar-refractivity contribution in [2.45, 2.75) is 44.6 Å². The molecule has 1 N–H and O–H groups in total. The summed E-state index contributed by atoms with van der Waals surface area (Å²) < 4.78 is 28.0. The number of sulfonamides is 1. The Morgan fingerprint density at radius 3 is 2.43 bits per heavy atom. The highest BCUT2D eigenvalue weighted by Gasteiger charge is 2.19. The van der Waals surface area contributed by atoms with Crippen molar-refractivity contribution in [2.24, 2.45) is 0 Å². The molecule has 1 rings (SSSR count). The molecule has 0 aromatic heterocycles. The largest absolute Gasteiger partial charge is 0.304 e. The van der Waals surface area contributed by atoms with Crippen LogP contribution in [-0.2, 0) is 10.0 Å². The average molecular weight is 377 g/mol. The predicted octanol–water partition coefficient (Wildman–Crippen LogP) is 3.24. The molecule has 1 atom stereocenters. The van der Waals surface area contributed by atoms with Crippen molar-refractivity contribution in [3.05, 3.63) is 28.7 Å². The van der Waals surface area contributed by atoms with Crippen LogP contribution in [0, 0.1) is 0 Å². The first-order valence-electron chi connectivity index (χ1n) is 7.40. The van der Waals surface area contributed by atoms with Crippen LogP contribution in [0.5, 0.6) is 0 Å². The Hall–Kier alpha value is -0.430. The monoisotopic (exact) mass is 376 g/mol. The number of halogens is 1. The van der Waals surface area contributed by atoms with E-state index in [2.05, 4.69) is 39.4 Å². The third kappa shape index (κ3) is 6.06. The third-order valence-corrected chi connectivity index (χ3v) is 6.09. The molecule has 0 aliphatic rings. The Bertz CT molecular complexity index is 530. The van der Waals surface area contributed by atoms with Crippen LogP contribution in [0.4, 0.5) is 0 Å². The van der Waals surface area contributed by atoms with E-state index in [0.717, 1.165) is 32.5 Å². The molecule has 1 aromatic carbocycles. The van der Waals surface area contributed by atoms with Crippen molar-refractivity contribution in [3.63, 3.8) is 0 Å². The molecule has 0 aliphatic heterocycles. The SMILES string of the molecule is CCN(CC)CCC[C@@H](C)NS(=O)(=O)c1ccccc1Br. The Morgan fingerprint density at radius 2 is 1.86 bits per heavy atom. The number of rotatable bonds is 9. The van der Waals surface area contributed by atoms with Gasteiger partial charge in [0.1, 0.15) is 0 Å². The Kier molecular flexibility index (Phi) is 7.87. The van der Waals surface area contributed by atoms with Crippen molar-refractivity contribution >= 4 is 26.0 Å². The summed E-state index contributed by atoms with van der Waals surface area (Å²) in [5.74, 6) is 0. The first-order valence-corrected chi connectivity index (χ1v) is 9.67. The zero-order valence-corrected chi connectivity index (χ0v) is 15.4. The highest BCUT2D eigenvalue weighted by molar-refractivity contribution is 9.10. The lowest BCUT2D eigenvalue weighted by atomic mass is 10.2. The molecule has 0 radical (unpaired) electrons. The number of benzene rings is 1. The van der Waals surface area contributed by atoms with E-state index >= 15 is 0 Å². The van der Waals surface area contributed by atoms with Crippen LogP contribution >= 0.6 is 15.9 Å². The molecule has 6 heteroatoms. The van der Waals surface area contributed by atoms with Gasteiger partial charge in [0.05, 0.1) is 4.90 Å². The van der Waals surface area contributed by atoms with Gasteiger partial charge in [-0.05, 0) is 67.5 Å². The molecule has 0 saturated heterocycles. The van der Waals surface area contributed by atoms with Crippen LogP contribution < -0.4 is 4.72 Å². The van der Waals surface area contributed by atoms with Gasteiger partial charge in [-0.15, -0.1) is 0 Å². The van der Waals surface area contributed by atoms with Gasteiger partial charge >= 0.3 is 0 Å². The molecule has 0 heterocycles. The Balaban J connectivity index is 2.54. The molecule has 21 heavy (non-hydrogen) atoms. The molecule has 4 nitrogen and oxygen atoms in total. The van der Waals surface area contributed by atoms with Gasteiger partial charge in [-0.3, -0.25) is 0 Å². The topological polar surface area (TPSA) is 49.4 Å². The van der Waals surface area contributed by atoms with E-state index in [1.807, 2.05) is 6.92 Å². The minimum Gasteiger partial charge on any atom is -0.304 e. The van der Waals surface area contributed by atoms with Gasteiger partial charge in [-0.2, -0.15) is 0 Å². The summed E-state index contributed by atoms with van der Waals surface area (Å²) in [6, 6.07) is 6.80. The minimum atomic E-state index is -3.46. The second-order valence-corrected chi connectivity index (χ2v) is 7.66. The van der Waals surface area contributed by atoms with E-state index in [0.29, 0.717) is 9.37 Å². The zero-order valence-electron chi connectivity index (χ0n) is 13.0. The molecule has 0 fully saturated rings. The number of hydrogen-bond donors (Lipinski definition) is 1. The summed E-state index contributed by atoms with van der Waals surface area (Å²) in [5.41, 5.74) is 0. The van der Waals surface area contributed by atoms with Crippen LogP contribution in [0.3, 0.4) is 0 Å². The molecular weight excluding hydrogens is 352 g/mol. The standard InChI is InChI=1S/C15H25BrN2O2S/c1-4-18(5-2)12-8-9-13(3)17-21(19,20)15-11-7-6-10-14(15)16/h6-7,10-11,13,17H,4-5,8-9,12H2,1-3H3/t13-/m1/s1. The van der Waals surface area contributed by atoms with E-state index < -0.39 is 10.0 Å². The molecule has 0 amide bonds. The average Bonchev–Trinajstić information content (AvgIpc) is 2.43. The Labute approximate surface area is 137 Å². The molecule has 1 aromatic rings. The van der Waals surface area contributed by atoms with Crippen molar-refractivity contribution in [2.75, 3.05) is 19.6 Å². The summed E-state index contributed by atoms with van der Waals surface area (Å²) in [4.78, 5) is 2.63. The molecule has 0 bridgehead atoms. The maximum Gasteiger partial charge on any atom is 0.241 e. The molecule has 0 aliphatic carbocycles. The van der Waals surface area contributed by atoms with E-state index in [1.165, 1.54) is 0 Å². The molecule has 0 spiro atoms. The second kappa shape index (κ2) is 8.88. The van der Waals surface area contributed by atoms with Gasteiger partial charge < -0.3 is 4.90 Å². The summed E-state index contributed by atoms with van der Waals surface area (Å²) in [6.07, 6.45) is 1.82. The lowest BCUT2D eigenvalue weighted by molar-refractivity contribution is 0.293. The van der Waals surface area contributed by atoms with Crippen LogP contribution in [0.1, 0.15) is 33.6 Å². The minimum absolute atomic E-state index is 0.0716. The van der Waals surface area contributed by atoms with Gasteiger partial charge in [0.15, 0.2) is 0 Å². The van der Waals surface area contributed by atoms with Crippen LogP contribution in [0.25, 0.3) is 0 Å². The summed E-state index contributed by atoms with van der Waals surface area (Å²) in [6.45, 7) is 9.27. The van der Waals surface area contributed by atoms with Gasteiger partial charge in [-0.25, -0.2) is 13.1 Å². The van der Waals surface area contributed by atoms with Crippen molar-refractivity contribution in [1.29, 1.82) is 0 Å². The van der Waals surface area contributed by atoms with Crippen molar-refractivity contribution < 1.29 is 8.42 Å². The van der Waals surface area contributed by atoms with Crippen molar-refractivity contribution in [1.82, 2.24) is 9.62 Å². The van der Waals surface area contributed by atoms with Crippen LogP contribution in [0.15, 0.2) is 33.6 Å². The summed E-state index contributed by atoms with van der Waals surface area (Å²) in [7, 11) is -3.46. The maximum atomic E-state index is 12.3. The second-order valence-electron chi connectivity index (χ2n) is 5.12. The fourth-order valence-electron chi connectivity index (χ4n) is 2.21. The predicted molar refractivity (Wildman–Crippen MR) is 90.9 cm³/mol. The fourth-order valence-corrected chi connectivity index (χ4v) is 4.49. The highest BCUT2D eigenvalue weighted by atomic mass is 79.9. The number of hydrogen-bond acceptors (Lipinski definition) is 3. The normalized spacial score (nSPS) is 13.6. The number of nitrogens with zero attached hydrogens (tertiary/aromatic N) is 1. The smallest absolute Gasteiger partial charge is 0.241 e. The summed E-state index contributed by atoms with van der Waals surface area (Å²) in [5, 5.41) is 0. The zero-order chi connectivity index (χ0) is 15.9. The Morgan fingerprint density at radius 1 is 1.24 bits per heavy atom. The van der Waals surface area contributed by atoms with E-state index in [1.54, 1.807) is 24.3 Å². The van der Waals surface area contributed by atoms with Gasteiger partial charge in [0.25, 0.3) is 0 Å². The molecule has 0 saturated carbocycles. The molecule has 0 unspecified atom stereocenters. The van der Waals surface area contributed by atoms with E-state index in [4.69, 9.17) is 0 Å². The van der Waals surface area contributed by atoms with E-state index in [9.17, 15) is 8.42 Å². The van der Waals surface area contributed by atoms with Gasteiger partial charge in [-0.1, -0.05) is 26.0 Å².